The number of fused-ring (bicyclic) bond motifs is 1. The first-order valence-corrected chi connectivity index (χ1v) is 13.0. The van der Waals surface area contributed by atoms with Crippen LogP contribution in [-0.2, 0) is 40.1 Å². The maximum absolute atomic E-state index is 12.7. The van der Waals surface area contributed by atoms with Crippen molar-refractivity contribution in [1.29, 1.82) is 0 Å². The third-order valence-electron chi connectivity index (χ3n) is 4.86. The minimum absolute atomic E-state index is 0.0762. The van der Waals surface area contributed by atoms with Crippen molar-refractivity contribution in [1.82, 2.24) is 14.5 Å². The third-order valence-corrected chi connectivity index (χ3v) is 7.55. The topological polar surface area (TPSA) is 103 Å². The first-order chi connectivity index (χ1) is 15.5. The van der Waals surface area contributed by atoms with Crippen LogP contribution in [0.2, 0.25) is 0 Å². The molecule has 0 aliphatic heterocycles. The maximum atomic E-state index is 12.7. The summed E-state index contributed by atoms with van der Waals surface area (Å²) < 4.78 is 6.67. The van der Waals surface area contributed by atoms with Crippen molar-refractivity contribution in [2.45, 2.75) is 44.2 Å². The standard InChI is InChI=1S/C21H22N4O4S3/c1-2-29-18(27)9-13-11-32-20(22-13)23-17(26)12-31-19-15-6-3-7-16(15)25(21(28)24-19)10-14-5-4-8-30-14/h4-5,8,11H,2-3,6-7,9-10,12H2,1H3,(H,22,23,26). The van der Waals surface area contributed by atoms with E-state index >= 15 is 0 Å². The summed E-state index contributed by atoms with van der Waals surface area (Å²) in [5.41, 5.74) is 2.39. The van der Waals surface area contributed by atoms with Crippen LogP contribution in [0.15, 0.2) is 32.7 Å². The lowest BCUT2D eigenvalue weighted by Gasteiger charge is -2.13. The predicted molar refractivity (Wildman–Crippen MR) is 126 cm³/mol. The van der Waals surface area contributed by atoms with Crippen LogP contribution in [0.5, 0.6) is 0 Å². The number of esters is 1. The molecule has 32 heavy (non-hydrogen) atoms. The van der Waals surface area contributed by atoms with Gasteiger partial charge >= 0.3 is 11.7 Å². The Balaban J connectivity index is 1.39. The first-order valence-electron chi connectivity index (χ1n) is 10.2. The van der Waals surface area contributed by atoms with Gasteiger partial charge in [-0.2, -0.15) is 4.98 Å². The minimum Gasteiger partial charge on any atom is -0.466 e. The van der Waals surface area contributed by atoms with Crippen LogP contribution < -0.4 is 11.0 Å². The Morgan fingerprint density at radius 2 is 2.16 bits per heavy atom. The normalized spacial score (nSPS) is 12.5. The average molecular weight is 491 g/mol. The number of aromatic nitrogens is 3. The first kappa shape index (κ1) is 22.7. The van der Waals surface area contributed by atoms with Crippen molar-refractivity contribution in [3.8, 4) is 0 Å². The summed E-state index contributed by atoms with van der Waals surface area (Å²) >= 11 is 4.16. The van der Waals surface area contributed by atoms with Crippen LogP contribution in [-0.4, -0.2) is 38.8 Å². The summed E-state index contributed by atoms with van der Waals surface area (Å²) in [5, 5.41) is 7.54. The van der Waals surface area contributed by atoms with E-state index in [9.17, 15) is 14.4 Å². The van der Waals surface area contributed by atoms with E-state index in [1.807, 2.05) is 17.5 Å². The number of carbonyl (C=O) groups excluding carboxylic acids is 2. The summed E-state index contributed by atoms with van der Waals surface area (Å²) in [4.78, 5) is 46.3. The van der Waals surface area contributed by atoms with E-state index in [2.05, 4.69) is 15.3 Å². The number of nitrogens with one attached hydrogen (secondary N) is 1. The fourth-order valence-corrected chi connectivity index (χ4v) is 5.82. The van der Waals surface area contributed by atoms with Gasteiger partial charge in [-0.1, -0.05) is 17.8 Å². The summed E-state index contributed by atoms with van der Waals surface area (Å²) in [5.74, 6) is -0.455. The lowest BCUT2D eigenvalue weighted by Crippen LogP contribution is -2.27. The molecule has 168 valence electrons. The highest BCUT2D eigenvalue weighted by Crippen LogP contribution is 2.30. The number of carbonyl (C=O) groups is 2. The van der Waals surface area contributed by atoms with E-state index in [0.717, 1.165) is 35.4 Å². The fourth-order valence-electron chi connectivity index (χ4n) is 3.52. The third kappa shape index (κ3) is 5.45. The monoisotopic (exact) mass is 490 g/mol. The molecule has 11 heteroatoms. The van der Waals surface area contributed by atoms with Gasteiger partial charge in [0.05, 0.1) is 31.0 Å². The van der Waals surface area contributed by atoms with E-state index in [1.165, 1.54) is 23.1 Å². The van der Waals surface area contributed by atoms with Gasteiger partial charge in [0.25, 0.3) is 0 Å². The number of nitrogens with zero attached hydrogens (tertiary/aromatic N) is 3. The number of amides is 1. The molecule has 0 bridgehead atoms. The minimum atomic E-state index is -0.347. The zero-order valence-electron chi connectivity index (χ0n) is 17.5. The van der Waals surface area contributed by atoms with Crippen molar-refractivity contribution in [2.75, 3.05) is 17.7 Å². The summed E-state index contributed by atoms with van der Waals surface area (Å²) in [6, 6.07) is 3.99. The number of rotatable bonds is 9. The smallest absolute Gasteiger partial charge is 0.349 e. The summed E-state index contributed by atoms with van der Waals surface area (Å²) in [6.45, 7) is 2.61. The Morgan fingerprint density at radius 1 is 1.28 bits per heavy atom. The molecule has 8 nitrogen and oxygen atoms in total. The van der Waals surface area contributed by atoms with Crippen molar-refractivity contribution >= 4 is 51.4 Å². The molecule has 0 aromatic carbocycles. The maximum Gasteiger partial charge on any atom is 0.349 e. The van der Waals surface area contributed by atoms with E-state index in [4.69, 9.17) is 4.74 Å². The second kappa shape index (κ2) is 10.4. The summed E-state index contributed by atoms with van der Waals surface area (Å²) in [7, 11) is 0. The van der Waals surface area contributed by atoms with Gasteiger partial charge < -0.3 is 10.1 Å². The Bertz CT molecular complexity index is 1170. The summed E-state index contributed by atoms with van der Waals surface area (Å²) in [6.07, 6.45) is 2.76. The molecule has 0 unspecified atom stereocenters. The van der Waals surface area contributed by atoms with Crippen LogP contribution in [0.1, 0.15) is 35.2 Å². The zero-order valence-corrected chi connectivity index (χ0v) is 19.9. The number of hydrogen-bond donors (Lipinski definition) is 1. The second-order valence-electron chi connectivity index (χ2n) is 7.11. The highest BCUT2D eigenvalue weighted by molar-refractivity contribution is 8.00. The Hall–Kier alpha value is -2.50. The molecule has 1 aliphatic carbocycles. The van der Waals surface area contributed by atoms with Crippen LogP contribution in [0.25, 0.3) is 0 Å². The van der Waals surface area contributed by atoms with Gasteiger partial charge in [0, 0.05) is 21.5 Å². The molecule has 0 spiro atoms. The lowest BCUT2D eigenvalue weighted by molar-refractivity contribution is -0.142. The SMILES string of the molecule is CCOC(=O)Cc1csc(NC(=O)CSc2nc(=O)n(Cc3cccs3)c3c2CCC3)n1. The molecule has 3 aromatic heterocycles. The number of thiophene rings is 1. The molecule has 3 aromatic rings. The van der Waals surface area contributed by atoms with E-state index < -0.39 is 0 Å². The zero-order chi connectivity index (χ0) is 22.5. The van der Waals surface area contributed by atoms with E-state index in [-0.39, 0.29) is 29.7 Å². The van der Waals surface area contributed by atoms with Crippen molar-refractivity contribution in [3.05, 3.63) is 55.2 Å². The number of anilines is 1. The number of thiazole rings is 1. The van der Waals surface area contributed by atoms with Crippen molar-refractivity contribution in [3.63, 3.8) is 0 Å². The highest BCUT2D eigenvalue weighted by Gasteiger charge is 2.23. The number of hydrogen-bond acceptors (Lipinski definition) is 9. The Labute approximate surface area is 197 Å². The molecular weight excluding hydrogens is 468 g/mol. The van der Waals surface area contributed by atoms with Crippen LogP contribution in [0.3, 0.4) is 0 Å². The predicted octanol–water partition coefficient (Wildman–Crippen LogP) is 3.13. The Kier molecular flexibility index (Phi) is 7.38. The lowest BCUT2D eigenvalue weighted by atomic mass is 10.2. The number of ether oxygens (including phenoxy) is 1. The number of thioether (sulfide) groups is 1. The molecule has 0 saturated carbocycles. The molecule has 4 rings (SSSR count). The van der Waals surface area contributed by atoms with Crippen LogP contribution in [0.4, 0.5) is 5.13 Å². The van der Waals surface area contributed by atoms with Gasteiger partial charge in [-0.25, -0.2) is 9.78 Å². The Morgan fingerprint density at radius 3 is 2.94 bits per heavy atom. The van der Waals surface area contributed by atoms with Gasteiger partial charge in [-0.3, -0.25) is 14.2 Å². The molecule has 0 saturated heterocycles. The molecule has 1 N–H and O–H groups in total. The van der Waals surface area contributed by atoms with Gasteiger partial charge in [0.2, 0.25) is 5.91 Å². The fraction of sp³-hybridized carbons (Fsp3) is 0.381. The molecule has 0 fully saturated rings. The van der Waals surface area contributed by atoms with Gasteiger partial charge in [0.1, 0.15) is 5.03 Å². The van der Waals surface area contributed by atoms with Crippen molar-refractivity contribution in [2.24, 2.45) is 0 Å². The van der Waals surface area contributed by atoms with Crippen LogP contribution in [0, 0.1) is 0 Å². The van der Waals surface area contributed by atoms with Gasteiger partial charge in [-0.05, 0) is 37.6 Å². The van der Waals surface area contributed by atoms with Gasteiger partial charge in [-0.15, -0.1) is 22.7 Å². The molecule has 3 heterocycles. The molecule has 0 radical (unpaired) electrons. The largest absolute Gasteiger partial charge is 0.466 e. The van der Waals surface area contributed by atoms with E-state index in [0.29, 0.717) is 29.0 Å². The second-order valence-corrected chi connectivity index (χ2v) is 9.96. The molecule has 1 aliphatic rings. The van der Waals surface area contributed by atoms with Crippen molar-refractivity contribution < 1.29 is 14.3 Å². The average Bonchev–Trinajstić information content (AvgIpc) is 3.51. The quantitative estimate of drug-likeness (QED) is 0.279. The molecule has 1 amide bonds. The van der Waals surface area contributed by atoms with E-state index in [1.54, 1.807) is 28.2 Å². The molecular formula is C21H22N4O4S3. The highest BCUT2D eigenvalue weighted by atomic mass is 32.2. The van der Waals surface area contributed by atoms with Gasteiger partial charge in [0.15, 0.2) is 5.13 Å². The van der Waals surface area contributed by atoms with Crippen LogP contribution >= 0.6 is 34.4 Å². The molecule has 0 atom stereocenters.